The number of ether oxygens (including phenoxy) is 1. The molecule has 3 aliphatic rings. The Morgan fingerprint density at radius 3 is 2.34 bits per heavy atom. The van der Waals surface area contributed by atoms with Crippen LogP contribution in [0.4, 0.5) is 14.5 Å². The Morgan fingerprint density at radius 1 is 1.03 bits per heavy atom. The van der Waals surface area contributed by atoms with E-state index < -0.39 is 5.92 Å². The van der Waals surface area contributed by atoms with Gasteiger partial charge in [0.25, 0.3) is 5.92 Å². The summed E-state index contributed by atoms with van der Waals surface area (Å²) >= 11 is 0. The van der Waals surface area contributed by atoms with Crippen molar-refractivity contribution >= 4 is 11.6 Å². The highest BCUT2D eigenvalue weighted by atomic mass is 19.3. The van der Waals surface area contributed by atoms with Crippen LogP contribution in [0.2, 0.25) is 0 Å². The lowest BCUT2D eigenvalue weighted by atomic mass is 9.86. The zero-order chi connectivity index (χ0) is 20.3. The summed E-state index contributed by atoms with van der Waals surface area (Å²) in [5, 5.41) is 2.84. The molecule has 7 heteroatoms. The van der Waals surface area contributed by atoms with Gasteiger partial charge in [0.05, 0.1) is 6.54 Å². The maximum absolute atomic E-state index is 13.2. The molecule has 1 N–H and O–H groups in total. The average Bonchev–Trinajstić information content (AvgIpc) is 2.68. The van der Waals surface area contributed by atoms with Crippen molar-refractivity contribution in [3.63, 3.8) is 0 Å². The highest BCUT2D eigenvalue weighted by Crippen LogP contribution is 2.32. The van der Waals surface area contributed by atoms with Gasteiger partial charge in [-0.15, -0.1) is 0 Å². The molecule has 160 valence electrons. The second-order valence-electron chi connectivity index (χ2n) is 8.67. The number of halogens is 2. The molecule has 1 amide bonds. The summed E-state index contributed by atoms with van der Waals surface area (Å²) in [4.78, 5) is 16.6. The number of rotatable bonds is 6. The van der Waals surface area contributed by atoms with Crippen LogP contribution < -0.4 is 10.1 Å². The van der Waals surface area contributed by atoms with E-state index in [9.17, 15) is 13.6 Å². The number of alkyl halides is 2. The molecule has 1 aromatic carbocycles. The van der Waals surface area contributed by atoms with Crippen LogP contribution in [0.3, 0.4) is 0 Å². The molecule has 0 spiro atoms. The molecule has 0 radical (unpaired) electrons. The van der Waals surface area contributed by atoms with E-state index in [-0.39, 0.29) is 44.5 Å². The second-order valence-corrected chi connectivity index (χ2v) is 8.67. The summed E-state index contributed by atoms with van der Waals surface area (Å²) in [6.45, 7) is 3.12. The van der Waals surface area contributed by atoms with Gasteiger partial charge in [0, 0.05) is 50.5 Å². The minimum Gasteiger partial charge on any atom is -0.490 e. The third-order valence-corrected chi connectivity index (χ3v) is 6.37. The summed E-state index contributed by atoms with van der Waals surface area (Å²) in [6.07, 6.45) is 6.11. The second kappa shape index (κ2) is 8.96. The minimum absolute atomic E-state index is 0.147. The summed E-state index contributed by atoms with van der Waals surface area (Å²) in [7, 11) is 0. The van der Waals surface area contributed by atoms with Gasteiger partial charge in [0.1, 0.15) is 11.9 Å². The average molecular weight is 408 g/mol. The van der Waals surface area contributed by atoms with Crippen molar-refractivity contribution in [3.8, 4) is 5.75 Å². The van der Waals surface area contributed by atoms with E-state index in [1.807, 2.05) is 24.3 Å². The van der Waals surface area contributed by atoms with Gasteiger partial charge in [-0.1, -0.05) is 6.42 Å². The largest absolute Gasteiger partial charge is 0.490 e. The van der Waals surface area contributed by atoms with E-state index in [0.717, 1.165) is 18.6 Å². The topological polar surface area (TPSA) is 44.8 Å². The van der Waals surface area contributed by atoms with E-state index in [2.05, 4.69) is 10.2 Å². The Hall–Kier alpha value is -1.73. The van der Waals surface area contributed by atoms with Crippen LogP contribution in [-0.2, 0) is 4.79 Å². The number of amides is 1. The number of nitrogens with zero attached hydrogens (tertiary/aromatic N) is 2. The van der Waals surface area contributed by atoms with E-state index in [4.69, 9.17) is 4.74 Å². The number of hydrogen-bond acceptors (Lipinski definition) is 4. The van der Waals surface area contributed by atoms with Gasteiger partial charge in [-0.2, -0.15) is 0 Å². The van der Waals surface area contributed by atoms with Gasteiger partial charge in [-0.05, 0) is 50.2 Å². The van der Waals surface area contributed by atoms with Crippen molar-refractivity contribution in [3.05, 3.63) is 24.3 Å². The number of hydrogen-bond donors (Lipinski definition) is 1. The van der Waals surface area contributed by atoms with Gasteiger partial charge in [0.2, 0.25) is 5.91 Å². The lowest BCUT2D eigenvalue weighted by Crippen LogP contribution is -2.50. The first-order valence-electron chi connectivity index (χ1n) is 10.9. The molecule has 29 heavy (non-hydrogen) atoms. The van der Waals surface area contributed by atoms with Crippen LogP contribution in [-0.4, -0.2) is 66.5 Å². The monoisotopic (exact) mass is 407 g/mol. The fourth-order valence-electron chi connectivity index (χ4n) is 4.47. The Labute approximate surface area is 171 Å². The van der Waals surface area contributed by atoms with Gasteiger partial charge in [-0.25, -0.2) is 8.78 Å². The van der Waals surface area contributed by atoms with Crippen molar-refractivity contribution < 1.29 is 18.3 Å². The molecule has 4 rings (SSSR count). The predicted octanol–water partition coefficient (Wildman–Crippen LogP) is 3.75. The Morgan fingerprint density at radius 2 is 1.69 bits per heavy atom. The van der Waals surface area contributed by atoms with Gasteiger partial charge >= 0.3 is 0 Å². The normalized spacial score (nSPS) is 27.8. The zero-order valence-electron chi connectivity index (χ0n) is 16.9. The molecule has 5 nitrogen and oxygen atoms in total. The first kappa shape index (κ1) is 20.5. The molecular formula is C22H31F2N3O2. The molecule has 3 fully saturated rings. The van der Waals surface area contributed by atoms with Crippen LogP contribution >= 0.6 is 0 Å². The van der Waals surface area contributed by atoms with Crippen LogP contribution in [0.5, 0.6) is 5.75 Å². The zero-order valence-corrected chi connectivity index (χ0v) is 16.9. The first-order valence-corrected chi connectivity index (χ1v) is 10.9. The Bertz CT molecular complexity index is 676. The lowest BCUT2D eigenvalue weighted by molar-refractivity contribution is -0.119. The van der Waals surface area contributed by atoms with Gasteiger partial charge in [0.15, 0.2) is 0 Å². The summed E-state index contributed by atoms with van der Waals surface area (Å²) < 4.78 is 32.4. The third kappa shape index (κ3) is 5.66. The number of benzene rings is 1. The molecule has 0 bridgehead atoms. The predicted molar refractivity (Wildman–Crippen MR) is 109 cm³/mol. The quantitative estimate of drug-likeness (QED) is 0.780. The smallest absolute Gasteiger partial charge is 0.250 e. The maximum Gasteiger partial charge on any atom is 0.250 e. The van der Waals surface area contributed by atoms with Gasteiger partial charge < -0.3 is 15.0 Å². The van der Waals surface area contributed by atoms with E-state index in [1.54, 1.807) is 4.90 Å². The third-order valence-electron chi connectivity index (χ3n) is 6.37. The van der Waals surface area contributed by atoms with Crippen molar-refractivity contribution in [1.82, 2.24) is 9.80 Å². The van der Waals surface area contributed by atoms with Gasteiger partial charge in [-0.3, -0.25) is 9.69 Å². The van der Waals surface area contributed by atoms with Crippen LogP contribution in [0.25, 0.3) is 0 Å². The molecule has 0 atom stereocenters. The van der Waals surface area contributed by atoms with Crippen molar-refractivity contribution in [2.45, 2.75) is 63.0 Å². The van der Waals surface area contributed by atoms with Crippen LogP contribution in [0.1, 0.15) is 44.9 Å². The molecule has 0 aromatic heterocycles. The molecule has 1 aliphatic carbocycles. The molecule has 1 saturated carbocycles. The number of likely N-dealkylation sites (tertiary alicyclic amines) is 2. The summed E-state index contributed by atoms with van der Waals surface area (Å²) in [6, 6.07) is 8.10. The number of nitrogens with one attached hydrogen (secondary N) is 1. The number of carbonyl (C=O) groups is 1. The standard InChI is InChI=1S/C22H31F2N3O2/c23-22(24)8-12-26(13-9-22)16-21(28)25-17-4-6-19(7-5-17)29-20-14-18(15-20)27-10-2-1-3-11-27/h4-7,18,20H,1-3,8-16H2,(H,25,28). The molecule has 2 aliphatic heterocycles. The van der Waals surface area contributed by atoms with Crippen molar-refractivity contribution in [1.29, 1.82) is 0 Å². The fraction of sp³-hybridized carbons (Fsp3) is 0.682. The fourth-order valence-corrected chi connectivity index (χ4v) is 4.47. The summed E-state index contributed by atoms with van der Waals surface area (Å²) in [5.74, 6) is -1.94. The first-order chi connectivity index (χ1) is 14.0. The molecule has 2 saturated heterocycles. The highest BCUT2D eigenvalue weighted by molar-refractivity contribution is 5.92. The maximum atomic E-state index is 13.2. The van der Waals surface area contributed by atoms with E-state index in [0.29, 0.717) is 11.7 Å². The highest BCUT2D eigenvalue weighted by Gasteiger charge is 2.36. The summed E-state index contributed by atoms with van der Waals surface area (Å²) in [5.41, 5.74) is 0.699. The minimum atomic E-state index is -2.59. The Balaban J connectivity index is 1.17. The number of piperidine rings is 2. The SMILES string of the molecule is O=C(CN1CCC(F)(F)CC1)Nc1ccc(OC2CC(N3CCCCC3)C2)cc1. The lowest BCUT2D eigenvalue weighted by Gasteiger charge is -2.44. The number of carbonyl (C=O) groups excluding carboxylic acids is 1. The molecule has 0 unspecified atom stereocenters. The van der Waals surface area contributed by atoms with E-state index in [1.165, 1.54) is 32.4 Å². The molecule has 2 heterocycles. The van der Waals surface area contributed by atoms with E-state index >= 15 is 0 Å². The number of anilines is 1. The van der Waals surface area contributed by atoms with Crippen molar-refractivity contribution in [2.24, 2.45) is 0 Å². The van der Waals surface area contributed by atoms with Crippen molar-refractivity contribution in [2.75, 3.05) is 38.0 Å². The molecule has 1 aromatic rings. The Kier molecular flexibility index (Phi) is 6.35. The van der Waals surface area contributed by atoms with Crippen LogP contribution in [0, 0.1) is 0 Å². The molecular weight excluding hydrogens is 376 g/mol. The van der Waals surface area contributed by atoms with Crippen LogP contribution in [0.15, 0.2) is 24.3 Å².